The van der Waals surface area contributed by atoms with E-state index in [9.17, 15) is 8.78 Å². The Balaban J connectivity index is 1.62. The Morgan fingerprint density at radius 1 is 1.12 bits per heavy atom. The molecule has 2 aromatic carbocycles. The Labute approximate surface area is 145 Å². The summed E-state index contributed by atoms with van der Waals surface area (Å²) in [6.07, 6.45) is 0. The lowest BCUT2D eigenvalue weighted by molar-refractivity contribution is 0.386. The number of methoxy groups -OCH3 is 1. The first kappa shape index (κ1) is 16.7. The molecule has 0 spiro atoms. The summed E-state index contributed by atoms with van der Waals surface area (Å²) in [7, 11) is 1.43. The molecule has 0 saturated heterocycles. The molecule has 0 aliphatic carbocycles. The molecule has 1 aromatic heterocycles. The molecule has 3 rings (SSSR count). The maximum absolute atomic E-state index is 13.7. The Bertz CT molecular complexity index is 842. The fourth-order valence-corrected chi connectivity index (χ4v) is 3.65. The molecule has 3 aromatic rings. The smallest absolute Gasteiger partial charge is 0.210 e. The molecule has 0 aliphatic heterocycles. The number of thioether (sulfide) groups is 1. The molecule has 0 amide bonds. The Morgan fingerprint density at radius 3 is 2.71 bits per heavy atom. The minimum absolute atomic E-state index is 0.219. The van der Waals surface area contributed by atoms with Crippen LogP contribution in [-0.4, -0.2) is 17.3 Å². The number of aromatic nitrogens is 2. The quantitative estimate of drug-likeness (QED) is 0.632. The van der Waals surface area contributed by atoms with Crippen LogP contribution in [0.3, 0.4) is 0 Å². The van der Waals surface area contributed by atoms with Crippen molar-refractivity contribution in [3.63, 3.8) is 0 Å². The van der Waals surface area contributed by atoms with E-state index in [4.69, 9.17) is 4.74 Å². The molecule has 0 radical (unpaired) electrons. The van der Waals surface area contributed by atoms with Crippen molar-refractivity contribution in [1.29, 1.82) is 0 Å². The Morgan fingerprint density at radius 2 is 1.96 bits per heavy atom. The van der Waals surface area contributed by atoms with Crippen molar-refractivity contribution in [3.05, 3.63) is 59.7 Å². The normalized spacial score (nSPS) is 10.6. The molecule has 8 heteroatoms. The van der Waals surface area contributed by atoms with E-state index >= 15 is 0 Å². The zero-order valence-corrected chi connectivity index (χ0v) is 14.3. The lowest BCUT2D eigenvalue weighted by Crippen LogP contribution is -1.92. The lowest BCUT2D eigenvalue weighted by Gasteiger charge is -2.04. The van der Waals surface area contributed by atoms with E-state index in [1.165, 1.54) is 42.3 Å². The van der Waals surface area contributed by atoms with Crippen LogP contribution in [-0.2, 0) is 5.75 Å². The van der Waals surface area contributed by atoms with E-state index in [2.05, 4.69) is 15.5 Å². The average molecular weight is 365 g/mol. The van der Waals surface area contributed by atoms with E-state index in [-0.39, 0.29) is 11.6 Å². The third-order valence-electron chi connectivity index (χ3n) is 3.10. The maximum atomic E-state index is 13.7. The number of rotatable bonds is 6. The standard InChI is InChI=1S/C16H13F2N3OS2/c1-22-14-7-6-10(8-12(14)18)9-23-16-21-20-15(24-16)19-13-5-3-2-4-11(13)17/h2-8H,9H2,1H3,(H,19,20). The van der Waals surface area contributed by atoms with Gasteiger partial charge in [0.15, 0.2) is 15.9 Å². The summed E-state index contributed by atoms with van der Waals surface area (Å²) < 4.78 is 32.9. The molecule has 1 heterocycles. The van der Waals surface area contributed by atoms with E-state index < -0.39 is 5.82 Å². The van der Waals surface area contributed by atoms with Crippen LogP contribution in [0, 0.1) is 11.6 Å². The maximum Gasteiger partial charge on any atom is 0.210 e. The molecule has 0 aliphatic rings. The Hall–Kier alpha value is -2.19. The second kappa shape index (κ2) is 7.59. The van der Waals surface area contributed by atoms with Crippen molar-refractivity contribution in [1.82, 2.24) is 10.2 Å². The van der Waals surface area contributed by atoms with Crippen LogP contribution in [0.15, 0.2) is 46.8 Å². The highest BCUT2D eigenvalue weighted by atomic mass is 32.2. The molecule has 0 saturated carbocycles. The van der Waals surface area contributed by atoms with Crippen LogP contribution in [0.5, 0.6) is 5.75 Å². The van der Waals surface area contributed by atoms with Crippen molar-refractivity contribution >= 4 is 33.9 Å². The van der Waals surface area contributed by atoms with Gasteiger partial charge in [-0.2, -0.15) is 0 Å². The number of ether oxygens (including phenoxy) is 1. The second-order valence-electron chi connectivity index (χ2n) is 4.74. The zero-order chi connectivity index (χ0) is 16.9. The summed E-state index contributed by atoms with van der Waals surface area (Å²) in [5.41, 5.74) is 1.17. The van der Waals surface area contributed by atoms with Gasteiger partial charge in [-0.15, -0.1) is 10.2 Å². The molecule has 0 bridgehead atoms. The van der Waals surface area contributed by atoms with Crippen molar-refractivity contribution < 1.29 is 13.5 Å². The van der Waals surface area contributed by atoms with Gasteiger partial charge < -0.3 is 10.1 Å². The van der Waals surface area contributed by atoms with Crippen LogP contribution >= 0.6 is 23.1 Å². The van der Waals surface area contributed by atoms with E-state index in [0.717, 1.165) is 5.56 Å². The fourth-order valence-electron chi connectivity index (χ4n) is 1.94. The number of halogens is 2. The largest absolute Gasteiger partial charge is 0.494 e. The first-order valence-electron chi connectivity index (χ1n) is 6.96. The lowest BCUT2D eigenvalue weighted by atomic mass is 10.2. The first-order valence-corrected chi connectivity index (χ1v) is 8.76. The molecule has 124 valence electrons. The second-order valence-corrected chi connectivity index (χ2v) is 6.94. The number of benzene rings is 2. The van der Waals surface area contributed by atoms with Gasteiger partial charge in [0, 0.05) is 5.75 Å². The summed E-state index contributed by atoms with van der Waals surface area (Å²) in [6, 6.07) is 11.2. The molecule has 4 nitrogen and oxygen atoms in total. The van der Waals surface area contributed by atoms with Gasteiger partial charge in [0.25, 0.3) is 0 Å². The fraction of sp³-hybridized carbons (Fsp3) is 0.125. The highest BCUT2D eigenvalue weighted by molar-refractivity contribution is 8.00. The van der Waals surface area contributed by atoms with Crippen LogP contribution in [0.1, 0.15) is 5.56 Å². The number of anilines is 2. The minimum atomic E-state index is -0.394. The molecular formula is C16H13F2N3OS2. The number of nitrogens with zero attached hydrogens (tertiary/aromatic N) is 2. The van der Waals surface area contributed by atoms with Crippen LogP contribution in [0.4, 0.5) is 19.6 Å². The summed E-state index contributed by atoms with van der Waals surface area (Å²) in [4.78, 5) is 0. The number of para-hydroxylation sites is 1. The van der Waals surface area contributed by atoms with Gasteiger partial charge in [-0.05, 0) is 29.8 Å². The topological polar surface area (TPSA) is 47.0 Å². The molecule has 24 heavy (non-hydrogen) atoms. The van der Waals surface area contributed by atoms with E-state index in [0.29, 0.717) is 20.9 Å². The minimum Gasteiger partial charge on any atom is -0.494 e. The van der Waals surface area contributed by atoms with E-state index in [1.807, 2.05) is 0 Å². The number of hydrogen-bond donors (Lipinski definition) is 1. The first-order chi connectivity index (χ1) is 11.7. The van der Waals surface area contributed by atoms with Gasteiger partial charge in [0.1, 0.15) is 5.82 Å². The highest BCUT2D eigenvalue weighted by Gasteiger charge is 2.09. The summed E-state index contributed by atoms with van der Waals surface area (Å²) in [5, 5.41) is 11.4. The average Bonchev–Trinajstić information content (AvgIpc) is 3.03. The molecule has 0 unspecified atom stereocenters. The third kappa shape index (κ3) is 4.01. The predicted octanol–water partition coefficient (Wildman–Crippen LogP) is 4.86. The van der Waals surface area contributed by atoms with Gasteiger partial charge in [-0.25, -0.2) is 8.78 Å². The van der Waals surface area contributed by atoms with Crippen molar-refractivity contribution in [2.75, 3.05) is 12.4 Å². The zero-order valence-electron chi connectivity index (χ0n) is 12.6. The molecular weight excluding hydrogens is 352 g/mol. The molecule has 0 fully saturated rings. The highest BCUT2D eigenvalue weighted by Crippen LogP contribution is 2.31. The van der Waals surface area contributed by atoms with Crippen molar-refractivity contribution in [2.24, 2.45) is 0 Å². The monoisotopic (exact) mass is 365 g/mol. The predicted molar refractivity (Wildman–Crippen MR) is 92.1 cm³/mol. The number of hydrogen-bond acceptors (Lipinski definition) is 6. The Kier molecular flexibility index (Phi) is 5.27. The third-order valence-corrected chi connectivity index (χ3v) is 5.14. The molecule has 1 N–H and O–H groups in total. The van der Waals surface area contributed by atoms with Crippen molar-refractivity contribution in [2.45, 2.75) is 10.1 Å². The molecule has 0 atom stereocenters. The van der Waals surface area contributed by atoms with Crippen LogP contribution < -0.4 is 10.1 Å². The van der Waals surface area contributed by atoms with Crippen molar-refractivity contribution in [3.8, 4) is 5.75 Å². The van der Waals surface area contributed by atoms with Gasteiger partial charge in [0.2, 0.25) is 5.13 Å². The van der Waals surface area contributed by atoms with E-state index in [1.54, 1.807) is 30.3 Å². The van der Waals surface area contributed by atoms with Gasteiger partial charge >= 0.3 is 0 Å². The van der Waals surface area contributed by atoms with Crippen LogP contribution in [0.2, 0.25) is 0 Å². The SMILES string of the molecule is COc1ccc(CSc2nnc(Nc3ccccc3F)s2)cc1F. The summed E-state index contributed by atoms with van der Waals surface area (Å²) >= 11 is 2.75. The van der Waals surface area contributed by atoms with Crippen LogP contribution in [0.25, 0.3) is 0 Å². The summed E-state index contributed by atoms with van der Waals surface area (Å²) in [6.45, 7) is 0. The van der Waals surface area contributed by atoms with Gasteiger partial charge in [-0.3, -0.25) is 0 Å². The van der Waals surface area contributed by atoms with Gasteiger partial charge in [0.05, 0.1) is 12.8 Å². The number of nitrogens with one attached hydrogen (secondary N) is 1. The summed E-state index contributed by atoms with van der Waals surface area (Å²) in [5.74, 6) is 0.0244. The van der Waals surface area contributed by atoms with Gasteiger partial charge in [-0.1, -0.05) is 41.3 Å².